The molecule has 3 nitrogen and oxygen atoms in total. The van der Waals surface area contributed by atoms with E-state index in [2.05, 4.69) is 10.7 Å². The first kappa shape index (κ1) is 11.2. The summed E-state index contributed by atoms with van der Waals surface area (Å²) in [6, 6.07) is -0.381. The van der Waals surface area contributed by atoms with Gasteiger partial charge in [-0.1, -0.05) is 6.92 Å². The minimum absolute atomic E-state index is 0.0712. The van der Waals surface area contributed by atoms with Crippen LogP contribution in [0.1, 0.15) is 24.5 Å². The van der Waals surface area contributed by atoms with Crippen LogP contribution >= 0.6 is 11.3 Å². The molecule has 1 aromatic heterocycles. The molecule has 1 heterocycles. The number of amides is 1. The van der Waals surface area contributed by atoms with Gasteiger partial charge >= 0.3 is 0 Å². The zero-order chi connectivity index (χ0) is 10.6. The number of carbonyl (C=O) groups excluding carboxylic acids is 1. The zero-order valence-corrected chi connectivity index (χ0v) is 9.36. The average Bonchev–Trinajstić information content (AvgIpc) is 2.59. The van der Waals surface area contributed by atoms with E-state index in [1.54, 1.807) is 11.3 Å². The van der Waals surface area contributed by atoms with E-state index in [-0.39, 0.29) is 11.9 Å². The summed E-state index contributed by atoms with van der Waals surface area (Å²) in [4.78, 5) is 11.3. The third kappa shape index (κ3) is 2.82. The van der Waals surface area contributed by atoms with Crippen molar-refractivity contribution in [3.63, 3.8) is 0 Å². The second kappa shape index (κ2) is 5.12. The molecule has 0 aliphatic heterocycles. The lowest BCUT2D eigenvalue weighted by Crippen LogP contribution is -2.39. The minimum atomic E-state index is -0.381. The maximum absolute atomic E-state index is 11.3. The Morgan fingerprint density at radius 3 is 2.86 bits per heavy atom. The van der Waals surface area contributed by atoms with Gasteiger partial charge in [-0.05, 0) is 35.2 Å². The number of rotatable bonds is 4. The predicted octanol–water partition coefficient (Wildman–Crippen LogP) is 1.41. The second-order valence-corrected chi connectivity index (χ2v) is 4.06. The van der Waals surface area contributed by atoms with Crippen molar-refractivity contribution < 1.29 is 4.79 Å². The van der Waals surface area contributed by atoms with Crippen molar-refractivity contribution in [2.75, 3.05) is 0 Å². The lowest BCUT2D eigenvalue weighted by molar-refractivity contribution is -0.122. The first-order chi connectivity index (χ1) is 6.65. The van der Waals surface area contributed by atoms with Gasteiger partial charge in [0.2, 0.25) is 5.91 Å². The smallest absolute Gasteiger partial charge is 0.237 e. The van der Waals surface area contributed by atoms with Gasteiger partial charge in [0.15, 0.2) is 0 Å². The van der Waals surface area contributed by atoms with Crippen molar-refractivity contribution in [1.82, 2.24) is 5.32 Å². The summed E-state index contributed by atoms with van der Waals surface area (Å²) in [6.07, 6.45) is 0.675. The van der Waals surface area contributed by atoms with Crippen LogP contribution < -0.4 is 11.1 Å². The monoisotopic (exact) mass is 212 g/mol. The summed E-state index contributed by atoms with van der Waals surface area (Å²) < 4.78 is 0. The fourth-order valence-electron chi connectivity index (χ4n) is 1.07. The summed E-state index contributed by atoms with van der Waals surface area (Å²) in [5.41, 5.74) is 7.98. The van der Waals surface area contributed by atoms with Crippen LogP contribution in [-0.4, -0.2) is 11.9 Å². The quantitative estimate of drug-likeness (QED) is 0.793. The van der Waals surface area contributed by atoms with E-state index in [1.807, 2.05) is 19.2 Å². The van der Waals surface area contributed by atoms with Gasteiger partial charge in [0.05, 0.1) is 6.04 Å². The Kier molecular flexibility index (Phi) is 4.10. The van der Waals surface area contributed by atoms with Crippen molar-refractivity contribution in [2.24, 2.45) is 5.73 Å². The molecule has 0 saturated carbocycles. The predicted molar refractivity (Wildman–Crippen MR) is 59.2 cm³/mol. The second-order valence-electron chi connectivity index (χ2n) is 3.31. The number of aryl methyl sites for hydroxylation is 1. The lowest BCUT2D eigenvalue weighted by atomic mass is 10.2. The highest BCUT2D eigenvalue weighted by Crippen LogP contribution is 2.12. The highest BCUT2D eigenvalue weighted by molar-refractivity contribution is 7.08. The number of hydrogen-bond donors (Lipinski definition) is 2. The van der Waals surface area contributed by atoms with Gasteiger partial charge in [0.25, 0.3) is 0 Å². The topological polar surface area (TPSA) is 55.1 Å². The fourth-order valence-corrected chi connectivity index (χ4v) is 1.92. The SMILES string of the molecule is CCC(N)C(=O)NCc1cscc1C. The molecule has 78 valence electrons. The number of nitrogens with one attached hydrogen (secondary N) is 1. The highest BCUT2D eigenvalue weighted by atomic mass is 32.1. The normalized spacial score (nSPS) is 12.5. The maximum Gasteiger partial charge on any atom is 0.237 e. The molecule has 0 radical (unpaired) electrons. The summed E-state index contributed by atoms with van der Waals surface area (Å²) in [7, 11) is 0. The maximum atomic E-state index is 11.3. The van der Waals surface area contributed by atoms with Gasteiger partial charge in [0, 0.05) is 6.54 Å². The van der Waals surface area contributed by atoms with Crippen molar-refractivity contribution in [1.29, 1.82) is 0 Å². The fraction of sp³-hybridized carbons (Fsp3) is 0.500. The van der Waals surface area contributed by atoms with E-state index in [1.165, 1.54) is 11.1 Å². The third-order valence-electron chi connectivity index (χ3n) is 2.19. The van der Waals surface area contributed by atoms with Crippen LogP contribution in [0.25, 0.3) is 0 Å². The van der Waals surface area contributed by atoms with E-state index >= 15 is 0 Å². The molecular formula is C10H16N2OS. The molecule has 0 aliphatic carbocycles. The minimum Gasteiger partial charge on any atom is -0.351 e. The molecular weight excluding hydrogens is 196 g/mol. The first-order valence-corrected chi connectivity index (χ1v) is 5.64. The van der Waals surface area contributed by atoms with Crippen LogP contribution in [0.2, 0.25) is 0 Å². The largest absolute Gasteiger partial charge is 0.351 e. The number of nitrogens with two attached hydrogens (primary N) is 1. The van der Waals surface area contributed by atoms with Crippen molar-refractivity contribution in [2.45, 2.75) is 32.9 Å². The molecule has 1 unspecified atom stereocenters. The van der Waals surface area contributed by atoms with E-state index in [0.29, 0.717) is 13.0 Å². The van der Waals surface area contributed by atoms with E-state index in [9.17, 15) is 4.79 Å². The molecule has 0 aliphatic rings. The number of carbonyl (C=O) groups is 1. The summed E-state index contributed by atoms with van der Waals surface area (Å²) in [5, 5.41) is 6.94. The Labute approximate surface area is 88.3 Å². The van der Waals surface area contributed by atoms with Crippen molar-refractivity contribution in [3.8, 4) is 0 Å². The van der Waals surface area contributed by atoms with E-state index in [0.717, 1.165) is 0 Å². The van der Waals surface area contributed by atoms with Gasteiger partial charge in [-0.3, -0.25) is 4.79 Å². The molecule has 4 heteroatoms. The Balaban J connectivity index is 2.41. The van der Waals surface area contributed by atoms with Gasteiger partial charge in [-0.15, -0.1) is 0 Å². The molecule has 1 rings (SSSR count). The molecule has 0 aromatic carbocycles. The van der Waals surface area contributed by atoms with Gasteiger partial charge in [0.1, 0.15) is 0 Å². The Morgan fingerprint density at radius 2 is 2.36 bits per heavy atom. The molecule has 1 aromatic rings. The number of hydrogen-bond acceptors (Lipinski definition) is 3. The Morgan fingerprint density at radius 1 is 1.64 bits per heavy atom. The lowest BCUT2D eigenvalue weighted by Gasteiger charge is -2.09. The van der Waals surface area contributed by atoms with E-state index < -0.39 is 0 Å². The van der Waals surface area contributed by atoms with Crippen LogP contribution in [0.15, 0.2) is 10.8 Å². The van der Waals surface area contributed by atoms with Gasteiger partial charge in [-0.25, -0.2) is 0 Å². The summed E-state index contributed by atoms with van der Waals surface area (Å²) in [6.45, 7) is 4.53. The summed E-state index contributed by atoms with van der Waals surface area (Å²) in [5.74, 6) is -0.0712. The Hall–Kier alpha value is -0.870. The van der Waals surface area contributed by atoms with Gasteiger partial charge in [-0.2, -0.15) is 11.3 Å². The molecule has 1 amide bonds. The molecule has 0 fully saturated rings. The molecule has 14 heavy (non-hydrogen) atoms. The summed E-state index contributed by atoms with van der Waals surface area (Å²) >= 11 is 1.65. The third-order valence-corrected chi connectivity index (χ3v) is 3.10. The van der Waals surface area contributed by atoms with Crippen LogP contribution in [0.5, 0.6) is 0 Å². The molecule has 0 saturated heterocycles. The van der Waals surface area contributed by atoms with Crippen LogP contribution in [0.4, 0.5) is 0 Å². The van der Waals surface area contributed by atoms with Crippen LogP contribution in [0.3, 0.4) is 0 Å². The highest BCUT2D eigenvalue weighted by Gasteiger charge is 2.10. The van der Waals surface area contributed by atoms with E-state index in [4.69, 9.17) is 5.73 Å². The average molecular weight is 212 g/mol. The molecule has 1 atom stereocenters. The van der Waals surface area contributed by atoms with Gasteiger partial charge < -0.3 is 11.1 Å². The number of thiophene rings is 1. The molecule has 3 N–H and O–H groups in total. The van der Waals surface area contributed by atoms with Crippen molar-refractivity contribution in [3.05, 3.63) is 21.9 Å². The zero-order valence-electron chi connectivity index (χ0n) is 8.54. The molecule has 0 bridgehead atoms. The van der Waals surface area contributed by atoms with Crippen LogP contribution in [0, 0.1) is 6.92 Å². The Bertz CT molecular complexity index is 309. The van der Waals surface area contributed by atoms with Crippen LogP contribution in [-0.2, 0) is 11.3 Å². The first-order valence-electron chi connectivity index (χ1n) is 4.70. The molecule has 0 spiro atoms. The standard InChI is InChI=1S/C10H16N2OS/c1-3-9(11)10(13)12-4-8-6-14-5-7(8)2/h5-6,9H,3-4,11H2,1-2H3,(H,12,13). The van der Waals surface area contributed by atoms with Crippen molar-refractivity contribution >= 4 is 17.2 Å².